The topological polar surface area (TPSA) is 84.6 Å². The first-order valence-electron chi connectivity index (χ1n) is 1.51. The Balaban J connectivity index is 3.36. The fourth-order valence-electron chi connectivity index (χ4n) is 0.0978. The molecule has 1 unspecified atom stereocenters. The Bertz CT molecular complexity index is 86.9. The van der Waals surface area contributed by atoms with Crippen LogP contribution < -0.4 is 11.4 Å². The summed E-state index contributed by atoms with van der Waals surface area (Å²) in [5.74, 6) is 4.51. The van der Waals surface area contributed by atoms with Crippen molar-refractivity contribution in [2.24, 2.45) is 5.84 Å². The zero-order valence-corrected chi connectivity index (χ0v) is 4.68. The van der Waals surface area contributed by atoms with Gasteiger partial charge in [0.25, 0.3) is 0 Å². The highest BCUT2D eigenvalue weighted by molar-refractivity contribution is 7.51. The summed E-state index contributed by atoms with van der Waals surface area (Å²) in [7, 11) is -3.40. The summed E-state index contributed by atoms with van der Waals surface area (Å²) >= 11 is 0. The first-order chi connectivity index (χ1) is 3.06. The molecule has 0 heterocycles. The van der Waals surface area contributed by atoms with E-state index < -0.39 is 7.60 Å². The van der Waals surface area contributed by atoms with E-state index in [2.05, 4.69) is 10.5 Å². The maximum atomic E-state index is 10.0. The van der Waals surface area contributed by atoms with Crippen molar-refractivity contribution in [1.82, 2.24) is 5.59 Å². The van der Waals surface area contributed by atoms with Crippen molar-refractivity contribution in [2.75, 3.05) is 6.66 Å². The van der Waals surface area contributed by atoms with Gasteiger partial charge in [-0.3, -0.25) is 4.57 Å². The molecule has 0 aliphatic heterocycles. The van der Waals surface area contributed by atoms with E-state index in [1.807, 2.05) is 0 Å². The molecule has 1 atom stereocenters. The number of nitrogens with two attached hydrogens (primary N) is 1. The third-order valence-electron chi connectivity index (χ3n) is 0.222. The smallest absolute Gasteiger partial charge is 0.324 e. The van der Waals surface area contributed by atoms with Crippen LogP contribution in [0.15, 0.2) is 0 Å². The SMILES string of the molecule is CP(=O)(O)ONN. The van der Waals surface area contributed by atoms with Crippen molar-refractivity contribution in [2.45, 2.75) is 0 Å². The van der Waals surface area contributed by atoms with Gasteiger partial charge in [-0.2, -0.15) is 0 Å². The quantitative estimate of drug-likeness (QED) is 0.256. The number of hydrogen-bond acceptors (Lipinski definition) is 4. The molecule has 4 N–H and O–H groups in total. The van der Waals surface area contributed by atoms with Gasteiger partial charge < -0.3 is 4.89 Å². The Morgan fingerprint density at radius 3 is 2.43 bits per heavy atom. The molecule has 7 heavy (non-hydrogen) atoms. The Morgan fingerprint density at radius 2 is 2.43 bits per heavy atom. The van der Waals surface area contributed by atoms with Crippen LogP contribution >= 0.6 is 7.60 Å². The Hall–Kier alpha value is 0.0700. The minimum Gasteiger partial charge on any atom is -0.324 e. The first kappa shape index (κ1) is 7.07. The lowest BCUT2D eigenvalue weighted by molar-refractivity contribution is 0.172. The zero-order valence-electron chi connectivity index (χ0n) is 3.79. The van der Waals surface area contributed by atoms with Crippen LogP contribution in [0.4, 0.5) is 0 Å². The number of hydrogen-bond donors (Lipinski definition) is 3. The van der Waals surface area contributed by atoms with Crippen LogP contribution in [0.3, 0.4) is 0 Å². The second-order valence-corrected chi connectivity index (χ2v) is 2.80. The molecule has 5 nitrogen and oxygen atoms in total. The fraction of sp³-hybridized carbons (Fsp3) is 1.00. The number of nitrogens with one attached hydrogen (secondary N) is 1. The lowest BCUT2D eigenvalue weighted by atomic mass is 12.0. The van der Waals surface area contributed by atoms with Crippen LogP contribution in [-0.4, -0.2) is 11.6 Å². The summed E-state index contributed by atoms with van der Waals surface area (Å²) in [6.45, 7) is 1.02. The summed E-state index contributed by atoms with van der Waals surface area (Å²) in [5, 5.41) is 0. The van der Waals surface area contributed by atoms with E-state index >= 15 is 0 Å². The van der Waals surface area contributed by atoms with Gasteiger partial charge in [0.05, 0.1) is 0 Å². The summed E-state index contributed by atoms with van der Waals surface area (Å²) in [6.07, 6.45) is 0. The maximum Gasteiger partial charge on any atom is 0.342 e. The van der Waals surface area contributed by atoms with E-state index in [9.17, 15) is 4.57 Å². The number of hydrazine groups is 1. The molecule has 0 saturated heterocycles. The molecule has 0 aromatic heterocycles. The molecule has 44 valence electrons. The molecule has 0 fully saturated rings. The van der Waals surface area contributed by atoms with Crippen LogP contribution in [-0.2, 0) is 9.19 Å². The van der Waals surface area contributed by atoms with Gasteiger partial charge in [-0.05, 0) is 0 Å². The minimum atomic E-state index is -3.40. The van der Waals surface area contributed by atoms with Crippen molar-refractivity contribution in [3.05, 3.63) is 0 Å². The van der Waals surface area contributed by atoms with Gasteiger partial charge >= 0.3 is 7.60 Å². The van der Waals surface area contributed by atoms with Crippen LogP contribution in [0.25, 0.3) is 0 Å². The minimum absolute atomic E-state index is 1.02. The molecule has 0 aromatic carbocycles. The van der Waals surface area contributed by atoms with Gasteiger partial charge in [-0.25, -0.2) is 10.5 Å². The van der Waals surface area contributed by atoms with Gasteiger partial charge in [-0.1, -0.05) is 0 Å². The predicted molar refractivity (Wildman–Crippen MR) is 24.2 cm³/mol. The third kappa shape index (κ3) is 6.07. The van der Waals surface area contributed by atoms with E-state index in [0.717, 1.165) is 6.66 Å². The van der Waals surface area contributed by atoms with E-state index in [-0.39, 0.29) is 0 Å². The average molecular weight is 126 g/mol. The van der Waals surface area contributed by atoms with E-state index in [1.165, 1.54) is 0 Å². The molecule has 0 aliphatic carbocycles. The third-order valence-corrected chi connectivity index (χ3v) is 0.666. The van der Waals surface area contributed by atoms with Gasteiger partial charge in [0.1, 0.15) is 0 Å². The highest BCUT2D eigenvalue weighted by Crippen LogP contribution is 2.33. The monoisotopic (exact) mass is 126 g/mol. The van der Waals surface area contributed by atoms with E-state index in [0.29, 0.717) is 0 Å². The lowest BCUT2D eigenvalue weighted by Crippen LogP contribution is -2.20. The normalized spacial score (nSPS) is 18.7. The summed E-state index contributed by atoms with van der Waals surface area (Å²) in [6, 6.07) is 0. The molecule has 0 aliphatic rings. The maximum absolute atomic E-state index is 10.0. The van der Waals surface area contributed by atoms with Gasteiger partial charge in [0, 0.05) is 6.66 Å². The molecule has 0 spiro atoms. The van der Waals surface area contributed by atoms with Gasteiger partial charge in [-0.15, -0.1) is 5.59 Å². The molecular formula is CH7N2O3P. The molecule has 0 radical (unpaired) electrons. The highest BCUT2D eigenvalue weighted by Gasteiger charge is 2.06. The summed E-state index contributed by atoms with van der Waals surface area (Å²) in [5.41, 5.74) is 1.59. The summed E-state index contributed by atoms with van der Waals surface area (Å²) < 4.78 is 13.9. The molecule has 6 heteroatoms. The Morgan fingerprint density at radius 1 is 2.00 bits per heavy atom. The highest BCUT2D eigenvalue weighted by atomic mass is 31.2. The van der Waals surface area contributed by atoms with Crippen molar-refractivity contribution < 1.29 is 14.1 Å². The van der Waals surface area contributed by atoms with Gasteiger partial charge in [0.15, 0.2) is 0 Å². The molecule has 0 amide bonds. The van der Waals surface area contributed by atoms with Crippen molar-refractivity contribution >= 4 is 7.60 Å². The van der Waals surface area contributed by atoms with Crippen LogP contribution in [0.5, 0.6) is 0 Å². The van der Waals surface area contributed by atoms with Crippen molar-refractivity contribution in [3.8, 4) is 0 Å². The predicted octanol–water partition coefficient (Wildman–Crippen LogP) is -0.804. The second-order valence-electron chi connectivity index (χ2n) is 1.01. The van der Waals surface area contributed by atoms with E-state index in [4.69, 9.17) is 4.89 Å². The lowest BCUT2D eigenvalue weighted by Gasteiger charge is -2.00. The van der Waals surface area contributed by atoms with Crippen molar-refractivity contribution in [3.63, 3.8) is 0 Å². The van der Waals surface area contributed by atoms with Crippen molar-refractivity contribution in [1.29, 1.82) is 0 Å². The zero-order chi connectivity index (χ0) is 5.91. The molecule has 0 bridgehead atoms. The molecular weight excluding hydrogens is 119 g/mol. The number of rotatable bonds is 2. The molecule has 0 aromatic rings. The molecule has 0 rings (SSSR count). The first-order valence-corrected chi connectivity index (χ1v) is 3.53. The average Bonchev–Trinajstić information content (AvgIpc) is 1.30. The Labute approximate surface area is 40.9 Å². The van der Waals surface area contributed by atoms with Gasteiger partial charge in [0.2, 0.25) is 0 Å². The van der Waals surface area contributed by atoms with Crippen LogP contribution in [0.1, 0.15) is 0 Å². The fourth-order valence-corrected chi connectivity index (χ4v) is 0.293. The molecule has 0 saturated carbocycles. The standard InChI is InChI=1S/CH7N2O3P/c1-7(4,5)6-3-2/h3H,2H2,1H3,(H,4,5). The Kier molecular flexibility index (Phi) is 2.42. The van der Waals surface area contributed by atoms with Crippen LogP contribution in [0, 0.1) is 0 Å². The largest absolute Gasteiger partial charge is 0.342 e. The second kappa shape index (κ2) is 2.40. The van der Waals surface area contributed by atoms with E-state index in [1.54, 1.807) is 5.59 Å². The summed E-state index contributed by atoms with van der Waals surface area (Å²) in [4.78, 5) is 8.21. The van der Waals surface area contributed by atoms with Crippen LogP contribution in [0.2, 0.25) is 0 Å².